The number of rotatable bonds is 4. The summed E-state index contributed by atoms with van der Waals surface area (Å²) >= 11 is 0. The Hall–Kier alpha value is -2.16. The predicted molar refractivity (Wildman–Crippen MR) is 88.1 cm³/mol. The number of aryl methyl sites for hydroxylation is 1. The number of aromatic nitrogens is 2. The fourth-order valence-electron chi connectivity index (χ4n) is 3.19. The fourth-order valence-corrected chi connectivity index (χ4v) is 3.19. The van der Waals surface area contributed by atoms with E-state index < -0.39 is 0 Å². The van der Waals surface area contributed by atoms with Gasteiger partial charge in [0.25, 0.3) is 0 Å². The van der Waals surface area contributed by atoms with Crippen molar-refractivity contribution >= 4 is 0 Å². The molecule has 0 aliphatic carbocycles. The van der Waals surface area contributed by atoms with Gasteiger partial charge in [0.15, 0.2) is 0 Å². The van der Waals surface area contributed by atoms with E-state index in [9.17, 15) is 10.4 Å². The van der Waals surface area contributed by atoms with Crippen LogP contribution in [0.25, 0.3) is 5.69 Å². The van der Waals surface area contributed by atoms with Gasteiger partial charge in [-0.25, -0.2) is 4.68 Å². The van der Waals surface area contributed by atoms with Crippen LogP contribution < -0.4 is 0 Å². The molecule has 0 spiro atoms. The lowest BCUT2D eigenvalue weighted by Gasteiger charge is -2.31. The number of nitrogens with zero attached hydrogens (tertiary/aromatic N) is 4. The van der Waals surface area contributed by atoms with E-state index in [1.807, 2.05) is 41.9 Å². The number of benzene rings is 1. The van der Waals surface area contributed by atoms with Crippen LogP contribution in [0.4, 0.5) is 0 Å². The molecular weight excluding hydrogens is 288 g/mol. The highest BCUT2D eigenvalue weighted by Crippen LogP contribution is 2.23. The van der Waals surface area contributed by atoms with E-state index in [2.05, 4.69) is 16.1 Å². The lowest BCUT2D eigenvalue weighted by atomic mass is 9.97. The molecule has 120 valence electrons. The third-order valence-corrected chi connectivity index (χ3v) is 4.61. The summed E-state index contributed by atoms with van der Waals surface area (Å²) in [5.74, 6) is 0.419. The van der Waals surface area contributed by atoms with Gasteiger partial charge in [-0.05, 0) is 50.9 Å². The molecule has 5 nitrogen and oxygen atoms in total. The van der Waals surface area contributed by atoms with E-state index in [0.717, 1.165) is 49.6 Å². The molecule has 1 aromatic heterocycles. The van der Waals surface area contributed by atoms with Gasteiger partial charge in [-0.2, -0.15) is 10.4 Å². The maximum Gasteiger partial charge on any atom is 0.103 e. The van der Waals surface area contributed by atoms with Crippen molar-refractivity contribution in [3.63, 3.8) is 0 Å². The van der Waals surface area contributed by atoms with Crippen LogP contribution in [-0.2, 0) is 6.54 Å². The third kappa shape index (κ3) is 3.29. The minimum atomic E-state index is 0.276. The third-order valence-electron chi connectivity index (χ3n) is 4.61. The van der Waals surface area contributed by atoms with E-state index in [1.165, 1.54) is 0 Å². The Kier molecular flexibility index (Phi) is 4.75. The summed E-state index contributed by atoms with van der Waals surface area (Å²) in [6.07, 6.45) is 2.02. The molecule has 1 aromatic carbocycles. The Morgan fingerprint density at radius 3 is 2.57 bits per heavy atom. The molecule has 5 heteroatoms. The van der Waals surface area contributed by atoms with E-state index in [-0.39, 0.29) is 6.61 Å². The van der Waals surface area contributed by atoms with E-state index in [4.69, 9.17) is 0 Å². The van der Waals surface area contributed by atoms with E-state index in [0.29, 0.717) is 11.5 Å². The van der Waals surface area contributed by atoms with Crippen LogP contribution in [0.3, 0.4) is 0 Å². The van der Waals surface area contributed by atoms with Crippen molar-refractivity contribution < 1.29 is 5.11 Å². The molecule has 2 aromatic rings. The van der Waals surface area contributed by atoms with E-state index in [1.54, 1.807) is 0 Å². The molecule has 0 radical (unpaired) electrons. The standard InChI is InChI=1S/C18H22N4O/c1-14-17(11-19)18(12-21-9-7-15(13-23)8-10-21)22(20-14)16-5-3-2-4-6-16/h2-6,15,23H,7-10,12-13H2,1H3. The second-order valence-electron chi connectivity index (χ2n) is 6.17. The van der Waals surface area contributed by atoms with Crippen LogP contribution in [0, 0.1) is 24.2 Å². The van der Waals surface area contributed by atoms with Crippen molar-refractivity contribution in [3.05, 3.63) is 47.3 Å². The molecule has 1 fully saturated rings. The number of piperidine rings is 1. The van der Waals surface area contributed by atoms with E-state index >= 15 is 0 Å². The van der Waals surface area contributed by atoms with Crippen LogP contribution >= 0.6 is 0 Å². The molecule has 1 N–H and O–H groups in total. The minimum Gasteiger partial charge on any atom is -0.396 e. The number of hydrogen-bond donors (Lipinski definition) is 1. The molecule has 0 atom stereocenters. The van der Waals surface area contributed by atoms with Crippen LogP contribution in [0.15, 0.2) is 30.3 Å². The first-order valence-corrected chi connectivity index (χ1v) is 8.10. The summed E-state index contributed by atoms with van der Waals surface area (Å²) in [5, 5.41) is 23.4. The first-order valence-electron chi connectivity index (χ1n) is 8.10. The second kappa shape index (κ2) is 6.95. The molecule has 0 amide bonds. The maximum atomic E-state index is 9.51. The summed E-state index contributed by atoms with van der Waals surface area (Å²) in [7, 11) is 0. The smallest absolute Gasteiger partial charge is 0.103 e. The summed E-state index contributed by atoms with van der Waals surface area (Å²) < 4.78 is 1.89. The highest BCUT2D eigenvalue weighted by molar-refractivity contribution is 5.43. The number of aliphatic hydroxyl groups excluding tert-OH is 1. The zero-order chi connectivity index (χ0) is 16.2. The van der Waals surface area contributed by atoms with Gasteiger partial charge in [0.1, 0.15) is 6.07 Å². The average molecular weight is 310 g/mol. The summed E-state index contributed by atoms with van der Waals surface area (Å²) in [6, 6.07) is 12.3. The monoisotopic (exact) mass is 310 g/mol. The van der Waals surface area contributed by atoms with Crippen molar-refractivity contribution in [2.45, 2.75) is 26.3 Å². The van der Waals surface area contributed by atoms with Crippen LogP contribution in [0.1, 0.15) is 29.8 Å². The number of aliphatic hydroxyl groups is 1. The number of para-hydroxylation sites is 1. The maximum absolute atomic E-state index is 9.51. The Bertz CT molecular complexity index is 694. The topological polar surface area (TPSA) is 65.1 Å². The van der Waals surface area contributed by atoms with Gasteiger partial charge in [0.2, 0.25) is 0 Å². The van der Waals surface area contributed by atoms with Gasteiger partial charge in [-0.15, -0.1) is 0 Å². The van der Waals surface area contributed by atoms with Crippen molar-refractivity contribution in [1.82, 2.24) is 14.7 Å². The second-order valence-corrected chi connectivity index (χ2v) is 6.17. The summed E-state index contributed by atoms with van der Waals surface area (Å²) in [5.41, 5.74) is 3.39. The van der Waals surface area contributed by atoms with Crippen molar-refractivity contribution in [3.8, 4) is 11.8 Å². The highest BCUT2D eigenvalue weighted by Gasteiger charge is 2.23. The van der Waals surface area contributed by atoms with Crippen LogP contribution in [0.5, 0.6) is 0 Å². The average Bonchev–Trinajstić information content (AvgIpc) is 2.92. The van der Waals surface area contributed by atoms with Crippen molar-refractivity contribution in [2.75, 3.05) is 19.7 Å². The van der Waals surface area contributed by atoms with Gasteiger partial charge in [-0.3, -0.25) is 4.90 Å². The van der Waals surface area contributed by atoms with Gasteiger partial charge in [0, 0.05) is 13.2 Å². The highest BCUT2D eigenvalue weighted by atomic mass is 16.3. The van der Waals surface area contributed by atoms with Gasteiger partial charge in [-0.1, -0.05) is 18.2 Å². The fraction of sp³-hybridized carbons (Fsp3) is 0.444. The number of nitriles is 1. The van der Waals surface area contributed by atoms with Crippen LogP contribution in [0.2, 0.25) is 0 Å². The first-order chi connectivity index (χ1) is 11.2. The molecule has 1 aliphatic rings. The first kappa shape index (κ1) is 15.7. The van der Waals surface area contributed by atoms with Gasteiger partial charge >= 0.3 is 0 Å². The number of hydrogen-bond acceptors (Lipinski definition) is 4. The zero-order valence-corrected chi connectivity index (χ0v) is 13.4. The molecule has 23 heavy (non-hydrogen) atoms. The zero-order valence-electron chi connectivity index (χ0n) is 13.4. The molecule has 0 unspecified atom stereocenters. The molecule has 2 heterocycles. The Balaban J connectivity index is 1.88. The molecule has 3 rings (SSSR count). The lowest BCUT2D eigenvalue weighted by Crippen LogP contribution is -2.35. The normalized spacial score (nSPS) is 16.4. The van der Waals surface area contributed by atoms with Gasteiger partial charge < -0.3 is 5.11 Å². The Morgan fingerprint density at radius 2 is 1.96 bits per heavy atom. The number of likely N-dealkylation sites (tertiary alicyclic amines) is 1. The summed E-state index contributed by atoms with van der Waals surface area (Å²) in [6.45, 7) is 4.79. The largest absolute Gasteiger partial charge is 0.396 e. The molecule has 1 aliphatic heterocycles. The molecule has 1 saturated heterocycles. The molecule has 0 saturated carbocycles. The Morgan fingerprint density at radius 1 is 1.26 bits per heavy atom. The van der Waals surface area contributed by atoms with Crippen molar-refractivity contribution in [1.29, 1.82) is 5.26 Å². The molecular formula is C18H22N4O. The predicted octanol–water partition coefficient (Wildman–Crippen LogP) is 2.26. The quantitative estimate of drug-likeness (QED) is 0.941. The lowest BCUT2D eigenvalue weighted by molar-refractivity contribution is 0.126. The van der Waals surface area contributed by atoms with Crippen LogP contribution in [-0.4, -0.2) is 39.5 Å². The minimum absolute atomic E-state index is 0.276. The van der Waals surface area contributed by atoms with Crippen molar-refractivity contribution in [2.24, 2.45) is 5.92 Å². The summed E-state index contributed by atoms with van der Waals surface area (Å²) in [4.78, 5) is 2.35. The van der Waals surface area contributed by atoms with Gasteiger partial charge in [0.05, 0.1) is 22.6 Å². The Labute approximate surface area is 136 Å². The SMILES string of the molecule is Cc1nn(-c2ccccc2)c(CN2CCC(CO)CC2)c1C#N. The molecule has 0 bridgehead atoms.